The van der Waals surface area contributed by atoms with Gasteiger partial charge in [-0.2, -0.15) is 15.0 Å². The highest BCUT2D eigenvalue weighted by atomic mass is 16.5. The maximum Gasteiger partial charge on any atom is 0.325 e. The first kappa shape index (κ1) is 20.5. The Morgan fingerprint density at radius 1 is 1.00 bits per heavy atom. The molecule has 0 saturated heterocycles. The first-order valence-corrected chi connectivity index (χ1v) is 8.94. The van der Waals surface area contributed by atoms with Gasteiger partial charge in [0.1, 0.15) is 12.3 Å². The number of methoxy groups -OCH3 is 1. The normalized spacial score (nSPS) is 10.2. The number of para-hydroxylation sites is 1. The highest BCUT2D eigenvalue weighted by Crippen LogP contribution is 2.13. The second-order valence-electron chi connectivity index (χ2n) is 6.00. The summed E-state index contributed by atoms with van der Waals surface area (Å²) in [5.41, 5.74) is 6.86. The summed E-state index contributed by atoms with van der Waals surface area (Å²) in [5, 5.41) is 5.47. The molecule has 0 spiro atoms. The van der Waals surface area contributed by atoms with Crippen molar-refractivity contribution in [3.05, 3.63) is 66.0 Å². The summed E-state index contributed by atoms with van der Waals surface area (Å²) in [4.78, 5) is 36.1. The number of carbonyl (C=O) groups excluding carboxylic acids is 2. The molecule has 0 fully saturated rings. The van der Waals surface area contributed by atoms with Crippen molar-refractivity contribution < 1.29 is 19.1 Å². The van der Waals surface area contributed by atoms with Gasteiger partial charge in [-0.25, -0.2) is 0 Å². The molecule has 0 saturated carbocycles. The fraction of sp³-hybridized carbons (Fsp3) is 0.150. The van der Waals surface area contributed by atoms with Crippen LogP contribution in [0.5, 0.6) is 5.75 Å². The van der Waals surface area contributed by atoms with E-state index in [0.717, 1.165) is 5.69 Å². The summed E-state index contributed by atoms with van der Waals surface area (Å²) in [5.74, 6) is -0.0314. The van der Waals surface area contributed by atoms with Gasteiger partial charge in [-0.3, -0.25) is 9.59 Å². The first-order chi connectivity index (χ1) is 14.5. The fourth-order valence-electron chi connectivity index (χ4n) is 2.40. The van der Waals surface area contributed by atoms with Crippen LogP contribution in [0, 0.1) is 0 Å². The minimum Gasteiger partial charge on any atom is -0.497 e. The van der Waals surface area contributed by atoms with Gasteiger partial charge in [0.2, 0.25) is 11.9 Å². The summed E-state index contributed by atoms with van der Waals surface area (Å²) < 4.78 is 10.1. The molecule has 0 aliphatic heterocycles. The molecule has 0 atom stereocenters. The molecule has 0 unspecified atom stereocenters. The van der Waals surface area contributed by atoms with Crippen LogP contribution in [-0.2, 0) is 16.1 Å². The van der Waals surface area contributed by atoms with Crippen LogP contribution >= 0.6 is 0 Å². The van der Waals surface area contributed by atoms with Crippen LogP contribution in [0.1, 0.15) is 16.2 Å². The smallest absolute Gasteiger partial charge is 0.325 e. The Morgan fingerprint density at radius 3 is 2.43 bits per heavy atom. The Labute approximate surface area is 172 Å². The summed E-state index contributed by atoms with van der Waals surface area (Å²) in [6.07, 6.45) is 0. The third-order valence-electron chi connectivity index (χ3n) is 3.84. The zero-order valence-corrected chi connectivity index (χ0v) is 16.2. The molecule has 0 radical (unpaired) electrons. The van der Waals surface area contributed by atoms with Crippen LogP contribution in [0.15, 0.2) is 54.6 Å². The van der Waals surface area contributed by atoms with Crippen molar-refractivity contribution in [2.24, 2.45) is 0 Å². The molecule has 30 heavy (non-hydrogen) atoms. The average Bonchev–Trinajstić information content (AvgIpc) is 2.76. The zero-order valence-electron chi connectivity index (χ0n) is 16.2. The van der Waals surface area contributed by atoms with Crippen molar-refractivity contribution in [3.63, 3.8) is 0 Å². The Morgan fingerprint density at radius 2 is 1.73 bits per heavy atom. The SMILES string of the molecule is COc1ccc(C(=O)NCC(=O)OCc2nc(N)nc(Nc3ccccc3)n2)cc1. The predicted molar refractivity (Wildman–Crippen MR) is 109 cm³/mol. The van der Waals surface area contributed by atoms with E-state index in [-0.39, 0.29) is 30.9 Å². The first-order valence-electron chi connectivity index (χ1n) is 8.94. The number of hydrogen-bond acceptors (Lipinski definition) is 9. The van der Waals surface area contributed by atoms with Crippen LogP contribution in [-0.4, -0.2) is 40.5 Å². The Kier molecular flexibility index (Phi) is 6.72. The minimum atomic E-state index is -0.645. The maximum absolute atomic E-state index is 12.1. The van der Waals surface area contributed by atoms with Crippen LogP contribution in [0.2, 0.25) is 0 Å². The van der Waals surface area contributed by atoms with E-state index in [4.69, 9.17) is 15.2 Å². The number of nitrogens with one attached hydrogen (secondary N) is 2. The zero-order chi connectivity index (χ0) is 21.3. The lowest BCUT2D eigenvalue weighted by atomic mass is 10.2. The van der Waals surface area contributed by atoms with E-state index in [2.05, 4.69) is 25.6 Å². The van der Waals surface area contributed by atoms with Gasteiger partial charge in [-0.05, 0) is 36.4 Å². The number of ether oxygens (including phenoxy) is 2. The second-order valence-corrected chi connectivity index (χ2v) is 6.00. The largest absolute Gasteiger partial charge is 0.497 e. The molecular formula is C20H20N6O4. The highest BCUT2D eigenvalue weighted by Gasteiger charge is 2.11. The lowest BCUT2D eigenvalue weighted by Gasteiger charge is -2.09. The molecule has 10 nitrogen and oxygen atoms in total. The van der Waals surface area contributed by atoms with Crippen molar-refractivity contribution in [2.75, 3.05) is 24.7 Å². The summed E-state index contributed by atoms with van der Waals surface area (Å²) in [6.45, 7) is -0.520. The van der Waals surface area contributed by atoms with Crippen molar-refractivity contribution in [1.82, 2.24) is 20.3 Å². The Bertz CT molecular complexity index is 1010. The van der Waals surface area contributed by atoms with E-state index in [9.17, 15) is 9.59 Å². The molecule has 1 aromatic heterocycles. The number of anilines is 3. The number of benzene rings is 2. The summed E-state index contributed by atoms with van der Waals surface area (Å²) in [6, 6.07) is 15.8. The highest BCUT2D eigenvalue weighted by molar-refractivity contribution is 5.96. The van der Waals surface area contributed by atoms with Gasteiger partial charge in [-0.1, -0.05) is 18.2 Å². The van der Waals surface area contributed by atoms with Crippen LogP contribution in [0.25, 0.3) is 0 Å². The quantitative estimate of drug-likeness (QED) is 0.475. The minimum absolute atomic E-state index is 0.0118. The van der Waals surface area contributed by atoms with E-state index in [1.165, 1.54) is 7.11 Å². The molecule has 0 bridgehead atoms. The standard InChI is InChI=1S/C20H20N6O4/c1-29-15-9-7-13(8-10-15)18(28)22-11-17(27)30-12-16-24-19(21)26-20(25-16)23-14-5-3-2-4-6-14/h2-10H,11-12H2,1H3,(H,22,28)(H3,21,23,24,25,26). The molecule has 1 heterocycles. The molecule has 3 rings (SSSR count). The van der Waals surface area contributed by atoms with Crippen molar-refractivity contribution in [3.8, 4) is 5.75 Å². The number of nitrogens with two attached hydrogens (primary N) is 1. The Hall–Kier alpha value is -4.21. The number of aromatic nitrogens is 3. The third kappa shape index (κ3) is 5.89. The van der Waals surface area contributed by atoms with Gasteiger partial charge in [0, 0.05) is 11.3 Å². The van der Waals surface area contributed by atoms with E-state index in [1.807, 2.05) is 30.3 Å². The maximum atomic E-state index is 12.1. The second kappa shape index (κ2) is 9.82. The molecular weight excluding hydrogens is 388 g/mol. The van der Waals surface area contributed by atoms with Gasteiger partial charge < -0.3 is 25.8 Å². The number of nitrogen functional groups attached to an aromatic ring is 1. The summed E-state index contributed by atoms with van der Waals surface area (Å²) in [7, 11) is 1.53. The van der Waals surface area contributed by atoms with Gasteiger partial charge in [-0.15, -0.1) is 0 Å². The van der Waals surface area contributed by atoms with Crippen LogP contribution in [0.3, 0.4) is 0 Å². The molecule has 2 aromatic carbocycles. The number of rotatable bonds is 8. The van der Waals surface area contributed by atoms with Crippen LogP contribution < -0.4 is 21.1 Å². The van der Waals surface area contributed by atoms with E-state index < -0.39 is 11.9 Å². The topological polar surface area (TPSA) is 141 Å². The lowest BCUT2D eigenvalue weighted by molar-refractivity contribution is -0.143. The Balaban J connectivity index is 1.50. The fourth-order valence-corrected chi connectivity index (χ4v) is 2.40. The molecule has 4 N–H and O–H groups in total. The predicted octanol–water partition coefficient (Wildman–Crippen LogP) is 1.68. The van der Waals surface area contributed by atoms with Crippen molar-refractivity contribution in [1.29, 1.82) is 0 Å². The number of hydrogen-bond donors (Lipinski definition) is 3. The molecule has 3 aromatic rings. The van der Waals surface area contributed by atoms with Crippen molar-refractivity contribution in [2.45, 2.75) is 6.61 Å². The average molecular weight is 408 g/mol. The van der Waals surface area contributed by atoms with Gasteiger partial charge in [0.05, 0.1) is 7.11 Å². The molecule has 0 aliphatic carbocycles. The molecule has 154 valence electrons. The molecule has 1 amide bonds. The molecule has 0 aliphatic rings. The van der Waals surface area contributed by atoms with Gasteiger partial charge >= 0.3 is 5.97 Å². The van der Waals surface area contributed by atoms with E-state index >= 15 is 0 Å². The van der Waals surface area contributed by atoms with E-state index in [1.54, 1.807) is 24.3 Å². The monoisotopic (exact) mass is 408 g/mol. The molecule has 10 heteroatoms. The lowest BCUT2D eigenvalue weighted by Crippen LogP contribution is -2.30. The van der Waals surface area contributed by atoms with Crippen LogP contribution in [0.4, 0.5) is 17.6 Å². The number of carbonyl (C=O) groups is 2. The van der Waals surface area contributed by atoms with Gasteiger partial charge in [0.15, 0.2) is 12.4 Å². The number of esters is 1. The van der Waals surface area contributed by atoms with Crippen molar-refractivity contribution >= 4 is 29.5 Å². The number of amides is 1. The van der Waals surface area contributed by atoms with E-state index in [0.29, 0.717) is 11.3 Å². The van der Waals surface area contributed by atoms with Gasteiger partial charge in [0.25, 0.3) is 5.91 Å². The number of nitrogens with zero attached hydrogens (tertiary/aromatic N) is 3. The third-order valence-corrected chi connectivity index (χ3v) is 3.84. The summed E-state index contributed by atoms with van der Waals surface area (Å²) >= 11 is 0.